The summed E-state index contributed by atoms with van der Waals surface area (Å²) in [5, 5.41) is 3.15. The molecule has 0 aliphatic rings. The molecule has 2 heteroatoms. The van der Waals surface area contributed by atoms with Crippen LogP contribution in [0.3, 0.4) is 0 Å². The maximum atomic E-state index is 5.35. The molecule has 108 valence electrons. The lowest BCUT2D eigenvalue weighted by Gasteiger charge is -2.18. The van der Waals surface area contributed by atoms with E-state index in [1.807, 2.05) is 0 Å². The summed E-state index contributed by atoms with van der Waals surface area (Å²) in [6.07, 6.45) is 11.3. The van der Waals surface area contributed by atoms with E-state index in [4.69, 9.17) is 12.2 Å². The summed E-state index contributed by atoms with van der Waals surface area (Å²) in [4.78, 5) is 0. The first-order valence-corrected chi connectivity index (χ1v) is 6.90. The Balaban J connectivity index is 4.84. The highest BCUT2D eigenvalue weighted by Crippen LogP contribution is 2.21. The van der Waals surface area contributed by atoms with Gasteiger partial charge in [-0.25, -0.2) is 0 Å². The fourth-order valence-corrected chi connectivity index (χ4v) is 1.68. The SMILES string of the molecule is C#CCNC(=C)/C(=C/C=C(C)C)C(C)CCC#CCN. The largest absolute Gasteiger partial charge is 0.374 e. The topological polar surface area (TPSA) is 38.0 Å². The van der Waals surface area contributed by atoms with Crippen molar-refractivity contribution >= 4 is 0 Å². The smallest absolute Gasteiger partial charge is 0.0763 e. The van der Waals surface area contributed by atoms with Crippen LogP contribution in [-0.4, -0.2) is 13.1 Å². The van der Waals surface area contributed by atoms with Crippen molar-refractivity contribution in [2.75, 3.05) is 13.1 Å². The van der Waals surface area contributed by atoms with Gasteiger partial charge in [0, 0.05) is 12.1 Å². The van der Waals surface area contributed by atoms with E-state index in [-0.39, 0.29) is 0 Å². The van der Waals surface area contributed by atoms with Crippen molar-refractivity contribution in [3.8, 4) is 24.2 Å². The summed E-state index contributed by atoms with van der Waals surface area (Å²) in [6.45, 7) is 11.3. The van der Waals surface area contributed by atoms with Crippen molar-refractivity contribution < 1.29 is 0 Å². The van der Waals surface area contributed by atoms with Crippen LogP contribution in [0.2, 0.25) is 0 Å². The molecule has 0 radical (unpaired) electrons. The van der Waals surface area contributed by atoms with Crippen LogP contribution in [0.5, 0.6) is 0 Å². The van der Waals surface area contributed by atoms with Gasteiger partial charge < -0.3 is 11.1 Å². The van der Waals surface area contributed by atoms with E-state index in [0.717, 1.165) is 18.5 Å². The second-order valence-corrected chi connectivity index (χ2v) is 4.90. The Morgan fingerprint density at radius 3 is 2.60 bits per heavy atom. The first-order valence-electron chi connectivity index (χ1n) is 6.90. The maximum absolute atomic E-state index is 5.35. The standard InChI is InChI=1S/C18H26N2/c1-6-14-20-17(5)18(12-11-15(2)3)16(4)10-8-7-9-13-19/h1,11-12,16,20H,5,8,10,13-14,19H2,2-4H3/b18-12+. The summed E-state index contributed by atoms with van der Waals surface area (Å²) >= 11 is 0. The third-order valence-corrected chi connectivity index (χ3v) is 2.81. The molecule has 0 amide bonds. The van der Waals surface area contributed by atoms with Crippen LogP contribution in [0.1, 0.15) is 33.6 Å². The highest BCUT2D eigenvalue weighted by molar-refractivity contribution is 5.33. The van der Waals surface area contributed by atoms with Crippen LogP contribution in [0.15, 0.2) is 35.6 Å². The second kappa shape index (κ2) is 11.0. The van der Waals surface area contributed by atoms with Gasteiger partial charge in [-0.2, -0.15) is 0 Å². The third kappa shape index (κ3) is 8.25. The van der Waals surface area contributed by atoms with Gasteiger partial charge in [-0.15, -0.1) is 12.3 Å². The van der Waals surface area contributed by atoms with Gasteiger partial charge in [-0.1, -0.05) is 43.1 Å². The van der Waals surface area contributed by atoms with Crippen LogP contribution >= 0.6 is 0 Å². The summed E-state index contributed by atoms with van der Waals surface area (Å²) in [6, 6.07) is 0. The Morgan fingerprint density at radius 2 is 2.05 bits per heavy atom. The van der Waals surface area contributed by atoms with Crippen LogP contribution in [0.4, 0.5) is 0 Å². The van der Waals surface area contributed by atoms with Crippen molar-refractivity contribution in [3.63, 3.8) is 0 Å². The molecule has 20 heavy (non-hydrogen) atoms. The fourth-order valence-electron chi connectivity index (χ4n) is 1.68. The molecule has 0 aromatic heterocycles. The van der Waals surface area contributed by atoms with Crippen molar-refractivity contribution in [2.24, 2.45) is 11.7 Å². The van der Waals surface area contributed by atoms with Crippen molar-refractivity contribution in [3.05, 3.63) is 35.6 Å². The predicted molar refractivity (Wildman–Crippen MR) is 88.7 cm³/mol. The molecule has 1 atom stereocenters. The van der Waals surface area contributed by atoms with Gasteiger partial charge in [0.05, 0.1) is 13.1 Å². The number of terminal acetylenes is 1. The Bertz CT molecular complexity index is 460. The number of rotatable bonds is 7. The molecule has 0 aliphatic carbocycles. The lowest BCUT2D eigenvalue weighted by molar-refractivity contribution is 0.623. The average molecular weight is 270 g/mol. The summed E-state index contributed by atoms with van der Waals surface area (Å²) in [7, 11) is 0. The Kier molecular flexibility index (Phi) is 9.93. The lowest BCUT2D eigenvalue weighted by atomic mass is 9.93. The third-order valence-electron chi connectivity index (χ3n) is 2.81. The van der Waals surface area contributed by atoms with Gasteiger partial charge in [-0.3, -0.25) is 0 Å². The molecule has 0 saturated heterocycles. The number of allylic oxidation sites excluding steroid dienone is 4. The Labute approximate surface area is 124 Å². The number of hydrogen-bond donors (Lipinski definition) is 2. The number of hydrogen-bond acceptors (Lipinski definition) is 2. The molecule has 0 aliphatic heterocycles. The Hall–Kier alpha value is -1.90. The molecular formula is C18H26N2. The first-order chi connectivity index (χ1) is 9.52. The fraction of sp³-hybridized carbons (Fsp3) is 0.444. The minimum Gasteiger partial charge on any atom is -0.374 e. The van der Waals surface area contributed by atoms with Gasteiger partial charge in [0.2, 0.25) is 0 Å². The molecule has 0 bridgehead atoms. The zero-order chi connectivity index (χ0) is 15.4. The lowest BCUT2D eigenvalue weighted by Crippen LogP contribution is -2.17. The second-order valence-electron chi connectivity index (χ2n) is 4.90. The van der Waals surface area contributed by atoms with E-state index in [1.165, 1.54) is 11.1 Å². The zero-order valence-electron chi connectivity index (χ0n) is 12.9. The van der Waals surface area contributed by atoms with Gasteiger partial charge in [0.25, 0.3) is 0 Å². The van der Waals surface area contributed by atoms with E-state index in [9.17, 15) is 0 Å². The predicted octanol–water partition coefficient (Wildman–Crippen LogP) is 2.99. The van der Waals surface area contributed by atoms with Gasteiger partial charge in [0.15, 0.2) is 0 Å². The van der Waals surface area contributed by atoms with Crippen LogP contribution in [0, 0.1) is 30.1 Å². The normalized spacial score (nSPS) is 11.7. The van der Waals surface area contributed by atoms with E-state index in [0.29, 0.717) is 19.0 Å². The molecule has 0 spiro atoms. The molecule has 0 rings (SSSR count). The van der Waals surface area contributed by atoms with Gasteiger partial charge in [-0.05, 0) is 31.8 Å². The molecule has 0 saturated carbocycles. The minimum atomic E-state index is 0.371. The average Bonchev–Trinajstić information content (AvgIpc) is 2.41. The highest BCUT2D eigenvalue weighted by atomic mass is 14.9. The van der Waals surface area contributed by atoms with Gasteiger partial charge in [0.1, 0.15) is 0 Å². The van der Waals surface area contributed by atoms with Gasteiger partial charge >= 0.3 is 0 Å². The molecular weight excluding hydrogens is 244 g/mol. The monoisotopic (exact) mass is 270 g/mol. The summed E-state index contributed by atoms with van der Waals surface area (Å²) < 4.78 is 0. The molecule has 1 unspecified atom stereocenters. The molecule has 3 N–H and O–H groups in total. The zero-order valence-corrected chi connectivity index (χ0v) is 12.9. The number of nitrogens with one attached hydrogen (secondary N) is 1. The van der Waals surface area contributed by atoms with E-state index in [1.54, 1.807) is 0 Å². The van der Waals surface area contributed by atoms with Crippen LogP contribution in [-0.2, 0) is 0 Å². The van der Waals surface area contributed by atoms with E-state index >= 15 is 0 Å². The van der Waals surface area contributed by atoms with Crippen molar-refractivity contribution in [1.82, 2.24) is 5.32 Å². The van der Waals surface area contributed by atoms with Crippen molar-refractivity contribution in [2.45, 2.75) is 33.6 Å². The number of nitrogens with two attached hydrogens (primary N) is 1. The van der Waals surface area contributed by atoms with E-state index in [2.05, 4.69) is 62.6 Å². The first kappa shape index (κ1) is 18.1. The minimum absolute atomic E-state index is 0.371. The van der Waals surface area contributed by atoms with E-state index < -0.39 is 0 Å². The summed E-state index contributed by atoms with van der Waals surface area (Å²) in [5.74, 6) is 8.89. The van der Waals surface area contributed by atoms with Crippen LogP contribution in [0.25, 0.3) is 0 Å². The summed E-state index contributed by atoms with van der Waals surface area (Å²) in [5.41, 5.74) is 8.67. The quantitative estimate of drug-likeness (QED) is 0.551. The Morgan fingerprint density at radius 1 is 1.35 bits per heavy atom. The molecule has 0 heterocycles. The van der Waals surface area contributed by atoms with Crippen LogP contribution < -0.4 is 11.1 Å². The molecule has 2 nitrogen and oxygen atoms in total. The maximum Gasteiger partial charge on any atom is 0.0763 e. The highest BCUT2D eigenvalue weighted by Gasteiger charge is 2.10. The molecule has 0 fully saturated rings. The van der Waals surface area contributed by atoms with Crippen molar-refractivity contribution in [1.29, 1.82) is 0 Å². The molecule has 0 aromatic rings. The molecule has 0 aromatic carbocycles.